The first-order valence-corrected chi connectivity index (χ1v) is 12.3. The number of fused-ring (bicyclic) bond motifs is 2. The molecule has 3 amide bonds. The number of hydrogen-bond donors (Lipinski definition) is 2. The highest BCUT2D eigenvalue weighted by molar-refractivity contribution is 6.35. The molecule has 7 heteroatoms. The van der Waals surface area contributed by atoms with Crippen LogP contribution in [0.3, 0.4) is 0 Å². The smallest absolute Gasteiger partial charge is 0.256 e. The number of anilines is 1. The van der Waals surface area contributed by atoms with Gasteiger partial charge in [-0.1, -0.05) is 49.2 Å². The van der Waals surface area contributed by atoms with Crippen molar-refractivity contribution in [2.24, 2.45) is 11.7 Å². The molecule has 2 aliphatic heterocycles. The zero-order valence-electron chi connectivity index (χ0n) is 19.7. The Kier molecular flexibility index (Phi) is 6.40. The highest BCUT2D eigenvalue weighted by Gasteiger charge is 2.26. The number of carbonyl (C=O) groups excluding carboxylic acids is 3. The summed E-state index contributed by atoms with van der Waals surface area (Å²) in [4.78, 5) is 38.0. The molecule has 1 atom stereocenters. The lowest BCUT2D eigenvalue weighted by Gasteiger charge is -2.29. The van der Waals surface area contributed by atoms with Crippen molar-refractivity contribution in [3.8, 4) is 0 Å². The van der Waals surface area contributed by atoms with Crippen LogP contribution in [0.1, 0.15) is 49.3 Å². The molecule has 0 radical (unpaired) electrons. The number of primary amides is 1. The van der Waals surface area contributed by atoms with E-state index < -0.39 is 6.04 Å². The summed E-state index contributed by atoms with van der Waals surface area (Å²) >= 11 is 0. The zero-order chi connectivity index (χ0) is 24.4. The molecule has 1 fully saturated rings. The van der Waals surface area contributed by atoms with Gasteiger partial charge in [0.1, 0.15) is 6.04 Å². The molecule has 35 heavy (non-hydrogen) atoms. The van der Waals surface area contributed by atoms with Gasteiger partial charge in [-0.25, -0.2) is 0 Å². The van der Waals surface area contributed by atoms with E-state index in [0.717, 1.165) is 72.9 Å². The van der Waals surface area contributed by atoms with Crippen molar-refractivity contribution < 1.29 is 14.4 Å². The molecule has 180 valence electrons. The van der Waals surface area contributed by atoms with E-state index in [0.29, 0.717) is 17.9 Å². The van der Waals surface area contributed by atoms with Crippen molar-refractivity contribution >= 4 is 46.5 Å². The van der Waals surface area contributed by atoms with E-state index in [9.17, 15) is 14.4 Å². The summed E-state index contributed by atoms with van der Waals surface area (Å²) < 4.78 is 1.97. The number of aromatic nitrogens is 1. The van der Waals surface area contributed by atoms with Crippen LogP contribution in [0.5, 0.6) is 0 Å². The number of amides is 3. The van der Waals surface area contributed by atoms with Crippen LogP contribution < -0.4 is 11.1 Å². The second-order valence-electron chi connectivity index (χ2n) is 9.50. The molecule has 0 aliphatic carbocycles. The van der Waals surface area contributed by atoms with Gasteiger partial charge in [-0.2, -0.15) is 0 Å². The summed E-state index contributed by atoms with van der Waals surface area (Å²) in [6.45, 7) is 1.62. The Morgan fingerprint density at radius 1 is 1.11 bits per heavy atom. The number of likely N-dealkylation sites (tertiary alicyclic amines) is 1. The number of nitrogens with one attached hydrogen (secondary N) is 1. The van der Waals surface area contributed by atoms with Crippen LogP contribution >= 0.6 is 0 Å². The van der Waals surface area contributed by atoms with E-state index in [-0.39, 0.29) is 11.8 Å². The van der Waals surface area contributed by atoms with Gasteiger partial charge in [0, 0.05) is 52.6 Å². The summed E-state index contributed by atoms with van der Waals surface area (Å²) in [6.07, 6.45) is 9.35. The lowest BCUT2D eigenvalue weighted by atomic mass is 9.91. The topological polar surface area (TPSA) is 97.4 Å². The lowest BCUT2D eigenvalue weighted by Crippen LogP contribution is -2.32. The predicted octanol–water partition coefficient (Wildman–Crippen LogP) is 4.20. The van der Waals surface area contributed by atoms with Gasteiger partial charge in [0.25, 0.3) is 5.91 Å². The minimum atomic E-state index is -0.466. The summed E-state index contributed by atoms with van der Waals surface area (Å²) in [5.41, 5.74) is 9.99. The Balaban J connectivity index is 1.40. The second-order valence-corrected chi connectivity index (χ2v) is 9.50. The molecule has 1 aromatic heterocycles. The first-order valence-electron chi connectivity index (χ1n) is 12.3. The van der Waals surface area contributed by atoms with Crippen molar-refractivity contribution in [3.05, 3.63) is 65.9 Å². The first kappa shape index (κ1) is 22.9. The van der Waals surface area contributed by atoms with Gasteiger partial charge in [0.2, 0.25) is 12.3 Å². The monoisotopic (exact) mass is 470 g/mol. The molecular weight excluding hydrogens is 440 g/mol. The molecule has 5 rings (SSSR count). The number of nitrogens with zero attached hydrogens (tertiary/aromatic N) is 2. The first-order chi connectivity index (χ1) is 17.0. The number of rotatable bonds is 8. The van der Waals surface area contributed by atoms with E-state index in [1.165, 1.54) is 0 Å². The Labute approximate surface area is 204 Å². The Morgan fingerprint density at radius 3 is 2.63 bits per heavy atom. The van der Waals surface area contributed by atoms with Crippen molar-refractivity contribution in [3.63, 3.8) is 0 Å². The summed E-state index contributed by atoms with van der Waals surface area (Å²) in [7, 11) is 0. The van der Waals surface area contributed by atoms with Crippen LogP contribution in [0.25, 0.3) is 22.6 Å². The van der Waals surface area contributed by atoms with Crippen molar-refractivity contribution in [2.45, 2.75) is 38.1 Å². The average molecular weight is 471 g/mol. The van der Waals surface area contributed by atoms with Gasteiger partial charge in [0.05, 0.1) is 0 Å². The second kappa shape index (κ2) is 9.78. The van der Waals surface area contributed by atoms with Gasteiger partial charge in [-0.3, -0.25) is 14.4 Å². The third-order valence-electron chi connectivity index (χ3n) is 7.33. The molecule has 3 aromatic rings. The van der Waals surface area contributed by atoms with E-state index in [2.05, 4.69) is 5.32 Å². The van der Waals surface area contributed by atoms with Gasteiger partial charge in [0.15, 0.2) is 0 Å². The van der Waals surface area contributed by atoms with Gasteiger partial charge >= 0.3 is 0 Å². The van der Waals surface area contributed by atoms with E-state index in [1.807, 2.05) is 70.3 Å². The lowest BCUT2D eigenvalue weighted by molar-refractivity contribution is -0.121. The number of nitrogens with two attached hydrogens (primary N) is 1. The van der Waals surface area contributed by atoms with Crippen molar-refractivity contribution in [1.29, 1.82) is 0 Å². The van der Waals surface area contributed by atoms with Gasteiger partial charge in [-0.15, -0.1) is 0 Å². The molecule has 2 aliphatic rings. The number of carbonyl (C=O) groups is 3. The third-order valence-corrected chi connectivity index (χ3v) is 7.33. The van der Waals surface area contributed by atoms with E-state index in [1.54, 1.807) is 0 Å². The number of piperidine rings is 1. The largest absolute Gasteiger partial charge is 0.368 e. The molecule has 1 unspecified atom stereocenters. The van der Waals surface area contributed by atoms with Crippen LogP contribution in [-0.2, 0) is 14.4 Å². The van der Waals surface area contributed by atoms with Crippen LogP contribution in [-0.4, -0.2) is 40.8 Å². The third kappa shape index (κ3) is 4.58. The maximum absolute atomic E-state index is 12.7. The summed E-state index contributed by atoms with van der Waals surface area (Å²) in [5.74, 6) is 0.0853. The number of para-hydroxylation sites is 2. The van der Waals surface area contributed by atoms with Gasteiger partial charge < -0.3 is 20.5 Å². The fourth-order valence-electron chi connectivity index (χ4n) is 5.41. The van der Waals surface area contributed by atoms with Crippen molar-refractivity contribution in [2.75, 3.05) is 18.4 Å². The summed E-state index contributed by atoms with van der Waals surface area (Å²) in [6, 6.07) is 15.1. The van der Waals surface area contributed by atoms with E-state index in [4.69, 9.17) is 5.73 Å². The number of hydrogen-bond acceptors (Lipinski definition) is 3. The van der Waals surface area contributed by atoms with Crippen LogP contribution in [0, 0.1) is 5.92 Å². The molecule has 0 saturated carbocycles. The Hall–Kier alpha value is -3.87. The molecule has 0 spiro atoms. The minimum absolute atomic E-state index is 0.130. The molecule has 7 nitrogen and oxygen atoms in total. The highest BCUT2D eigenvalue weighted by atomic mass is 16.2. The predicted molar refractivity (Wildman–Crippen MR) is 137 cm³/mol. The average Bonchev–Trinajstić information content (AvgIpc) is 3.39. The van der Waals surface area contributed by atoms with Gasteiger partial charge in [-0.05, 0) is 43.4 Å². The number of benzene rings is 2. The SMILES string of the molecule is NC(=O)C(CCCC1CCN(C=O)CC1)n1cc(C=C2C(=O)Nc3ccccc32)c2ccccc21. The van der Waals surface area contributed by atoms with Crippen LogP contribution in [0.15, 0.2) is 54.7 Å². The maximum atomic E-state index is 12.7. The molecule has 2 aromatic carbocycles. The molecular formula is C28H30N4O3. The Morgan fingerprint density at radius 2 is 1.86 bits per heavy atom. The zero-order valence-corrected chi connectivity index (χ0v) is 19.7. The normalized spacial score (nSPS) is 18.0. The fourth-order valence-corrected chi connectivity index (χ4v) is 5.41. The molecule has 3 N–H and O–H groups in total. The van der Waals surface area contributed by atoms with Crippen LogP contribution in [0.4, 0.5) is 5.69 Å². The standard InChI is InChI=1S/C28H30N4O3/c29-27(34)26(11-5-6-19-12-14-31(18-33)15-13-19)32-17-20(21-7-2-4-10-25(21)32)16-23-22-8-1-3-9-24(22)30-28(23)35/h1-4,7-10,16-19,26H,5-6,11-15H2,(H2,29,34)(H,30,35). The quantitative estimate of drug-likeness (QED) is 0.381. The van der Waals surface area contributed by atoms with E-state index >= 15 is 0 Å². The molecule has 1 saturated heterocycles. The summed E-state index contributed by atoms with van der Waals surface area (Å²) in [5, 5.41) is 3.90. The molecule has 3 heterocycles. The van der Waals surface area contributed by atoms with Crippen molar-refractivity contribution in [1.82, 2.24) is 9.47 Å². The Bertz CT molecular complexity index is 1300. The molecule has 0 bridgehead atoms. The maximum Gasteiger partial charge on any atom is 0.256 e. The fraction of sp³-hybridized carbons (Fsp3) is 0.321. The minimum Gasteiger partial charge on any atom is -0.368 e. The highest BCUT2D eigenvalue weighted by Crippen LogP contribution is 2.35. The van der Waals surface area contributed by atoms with Crippen LogP contribution in [0.2, 0.25) is 0 Å².